The van der Waals surface area contributed by atoms with Crippen molar-refractivity contribution in [2.75, 3.05) is 0 Å². The molecule has 0 unspecified atom stereocenters. The topological polar surface area (TPSA) is 64.7 Å². The molecule has 0 radical (unpaired) electrons. The Bertz CT molecular complexity index is 2470. The molecule has 0 fully saturated rings. The first-order valence-electron chi connectivity index (χ1n) is 15.1. The van der Waals surface area contributed by atoms with Crippen LogP contribution in [0.15, 0.2) is 150 Å². The van der Waals surface area contributed by atoms with E-state index in [1.807, 2.05) is 84.9 Å². The largest absolute Gasteiger partial charge is 0.456 e. The lowest BCUT2D eigenvalue weighted by molar-refractivity contribution is 0.669. The van der Waals surface area contributed by atoms with E-state index in [2.05, 4.69) is 60.7 Å². The van der Waals surface area contributed by atoms with E-state index in [4.69, 9.17) is 24.4 Å². The molecule has 3 aromatic heterocycles. The van der Waals surface area contributed by atoms with Gasteiger partial charge in [0.1, 0.15) is 16.2 Å². The first kappa shape index (κ1) is 26.4. The van der Waals surface area contributed by atoms with Crippen LogP contribution >= 0.6 is 11.3 Å². The Morgan fingerprint density at radius 1 is 0.391 bits per heavy atom. The van der Waals surface area contributed by atoms with Crippen LogP contribution in [0.5, 0.6) is 0 Å². The van der Waals surface area contributed by atoms with Crippen LogP contribution in [-0.2, 0) is 0 Å². The van der Waals surface area contributed by atoms with Gasteiger partial charge in [-0.3, -0.25) is 0 Å². The highest BCUT2D eigenvalue weighted by atomic mass is 32.1. The van der Waals surface area contributed by atoms with E-state index in [9.17, 15) is 0 Å². The Kier molecular flexibility index (Phi) is 6.25. The van der Waals surface area contributed by atoms with Gasteiger partial charge in [-0.2, -0.15) is 0 Å². The zero-order valence-corrected chi connectivity index (χ0v) is 25.3. The summed E-state index contributed by atoms with van der Waals surface area (Å²) in [5.41, 5.74) is 8.75. The molecule has 0 aliphatic heterocycles. The van der Waals surface area contributed by atoms with Gasteiger partial charge in [-0.05, 0) is 47.5 Å². The lowest BCUT2D eigenvalue weighted by Crippen LogP contribution is -2.00. The normalized spacial score (nSPS) is 11.5. The molecule has 3 heterocycles. The van der Waals surface area contributed by atoms with Crippen molar-refractivity contribution in [3.63, 3.8) is 0 Å². The average molecular weight is 609 g/mol. The number of thiazole rings is 1. The minimum absolute atomic E-state index is 0.600. The summed E-state index contributed by atoms with van der Waals surface area (Å²) in [7, 11) is 0. The van der Waals surface area contributed by atoms with Crippen molar-refractivity contribution < 1.29 is 4.42 Å². The van der Waals surface area contributed by atoms with E-state index < -0.39 is 0 Å². The second-order valence-electron chi connectivity index (χ2n) is 11.1. The second kappa shape index (κ2) is 10.9. The lowest BCUT2D eigenvalue weighted by Gasteiger charge is -2.08. The molecule has 6 heteroatoms. The number of hydrogen-bond donors (Lipinski definition) is 0. The maximum Gasteiger partial charge on any atom is 0.164 e. The third-order valence-corrected chi connectivity index (χ3v) is 9.24. The van der Waals surface area contributed by atoms with E-state index >= 15 is 0 Å². The van der Waals surface area contributed by atoms with Crippen LogP contribution in [0.4, 0.5) is 0 Å². The Morgan fingerprint density at radius 2 is 0.870 bits per heavy atom. The standard InChI is InChI=1S/C40H24N4OS/c1-4-10-25(11-5-1)37-42-38(26-12-6-2-7-13-26)44-39(43-37)30-17-20-32-31-19-16-28(22-34(31)45-35(32)23-30)29-18-21-33-36(24-29)46-40(41-33)27-14-8-3-9-15-27/h1-24H. The molecular weight excluding hydrogens is 585 g/mol. The smallest absolute Gasteiger partial charge is 0.164 e. The summed E-state index contributed by atoms with van der Waals surface area (Å²) in [5, 5.41) is 3.15. The molecule has 0 aliphatic rings. The molecule has 9 aromatic rings. The number of rotatable bonds is 5. The van der Waals surface area contributed by atoms with Crippen LogP contribution in [0.3, 0.4) is 0 Å². The van der Waals surface area contributed by atoms with E-state index in [-0.39, 0.29) is 0 Å². The van der Waals surface area contributed by atoms with E-state index in [1.54, 1.807) is 11.3 Å². The number of fused-ring (bicyclic) bond motifs is 4. The minimum Gasteiger partial charge on any atom is -0.456 e. The molecule has 46 heavy (non-hydrogen) atoms. The molecule has 216 valence electrons. The third-order valence-electron chi connectivity index (χ3n) is 8.17. The highest BCUT2D eigenvalue weighted by molar-refractivity contribution is 7.21. The predicted octanol–water partition coefficient (Wildman–Crippen LogP) is 10.7. The van der Waals surface area contributed by atoms with Crippen LogP contribution in [0.2, 0.25) is 0 Å². The van der Waals surface area contributed by atoms with Gasteiger partial charge in [0, 0.05) is 33.0 Å². The summed E-state index contributed by atoms with van der Waals surface area (Å²) in [6.45, 7) is 0. The fourth-order valence-corrected chi connectivity index (χ4v) is 6.85. The summed E-state index contributed by atoms with van der Waals surface area (Å²) in [4.78, 5) is 19.5. The monoisotopic (exact) mass is 608 g/mol. The van der Waals surface area contributed by atoms with Crippen molar-refractivity contribution in [1.82, 2.24) is 19.9 Å². The Labute approximate surface area is 268 Å². The van der Waals surface area contributed by atoms with Crippen molar-refractivity contribution in [2.24, 2.45) is 0 Å². The molecular formula is C40H24N4OS. The summed E-state index contributed by atoms with van der Waals surface area (Å²) in [6, 6.07) is 49.4. The SMILES string of the molecule is c1ccc(-c2nc(-c3ccccc3)nc(-c3ccc4c(c3)oc3cc(-c5ccc6nc(-c7ccccc7)sc6c5)ccc34)n2)cc1. The number of benzene rings is 6. The summed E-state index contributed by atoms with van der Waals surface area (Å²) < 4.78 is 7.64. The maximum absolute atomic E-state index is 6.48. The van der Waals surface area contributed by atoms with Crippen LogP contribution < -0.4 is 0 Å². The van der Waals surface area contributed by atoms with Crippen molar-refractivity contribution in [3.8, 4) is 55.9 Å². The molecule has 9 rings (SSSR count). The Morgan fingerprint density at radius 3 is 1.48 bits per heavy atom. The number of nitrogens with zero attached hydrogens (tertiary/aromatic N) is 4. The third kappa shape index (κ3) is 4.72. The Hall–Kier alpha value is -5.98. The molecule has 0 aliphatic carbocycles. The predicted molar refractivity (Wildman–Crippen MR) is 187 cm³/mol. The van der Waals surface area contributed by atoms with Crippen LogP contribution in [0.1, 0.15) is 0 Å². The van der Waals surface area contributed by atoms with E-state index in [0.717, 1.165) is 70.5 Å². The van der Waals surface area contributed by atoms with Crippen molar-refractivity contribution in [1.29, 1.82) is 0 Å². The van der Waals surface area contributed by atoms with Crippen molar-refractivity contribution in [2.45, 2.75) is 0 Å². The van der Waals surface area contributed by atoms with Gasteiger partial charge in [0.2, 0.25) is 0 Å². The van der Waals surface area contributed by atoms with E-state index in [0.29, 0.717) is 17.5 Å². The average Bonchev–Trinajstić information content (AvgIpc) is 3.73. The fourth-order valence-electron chi connectivity index (χ4n) is 5.84. The molecule has 0 N–H and O–H groups in total. The zero-order chi connectivity index (χ0) is 30.5. The fraction of sp³-hybridized carbons (Fsp3) is 0. The molecule has 0 spiro atoms. The highest BCUT2D eigenvalue weighted by Crippen LogP contribution is 2.37. The molecule has 5 nitrogen and oxygen atoms in total. The molecule has 0 saturated heterocycles. The van der Waals surface area contributed by atoms with Gasteiger partial charge in [0.15, 0.2) is 17.5 Å². The van der Waals surface area contributed by atoms with Crippen LogP contribution in [0.25, 0.3) is 88.0 Å². The molecule has 0 atom stereocenters. The minimum atomic E-state index is 0.600. The first-order valence-corrected chi connectivity index (χ1v) is 15.9. The van der Waals surface area contributed by atoms with Crippen molar-refractivity contribution in [3.05, 3.63) is 146 Å². The summed E-state index contributed by atoms with van der Waals surface area (Å²) >= 11 is 1.71. The van der Waals surface area contributed by atoms with Gasteiger partial charge in [0.25, 0.3) is 0 Å². The van der Waals surface area contributed by atoms with Gasteiger partial charge in [-0.15, -0.1) is 11.3 Å². The van der Waals surface area contributed by atoms with Crippen molar-refractivity contribution >= 4 is 43.5 Å². The lowest BCUT2D eigenvalue weighted by atomic mass is 10.0. The van der Waals surface area contributed by atoms with Gasteiger partial charge in [0.05, 0.1) is 10.2 Å². The van der Waals surface area contributed by atoms with Gasteiger partial charge in [-0.1, -0.05) is 109 Å². The maximum atomic E-state index is 6.48. The number of furan rings is 1. The Balaban J connectivity index is 1.11. The number of aromatic nitrogens is 4. The second-order valence-corrected chi connectivity index (χ2v) is 12.2. The van der Waals surface area contributed by atoms with Gasteiger partial charge >= 0.3 is 0 Å². The first-order chi connectivity index (χ1) is 22.7. The zero-order valence-electron chi connectivity index (χ0n) is 24.5. The summed E-state index contributed by atoms with van der Waals surface area (Å²) in [5.74, 6) is 1.86. The quantitative estimate of drug-likeness (QED) is 0.194. The van der Waals surface area contributed by atoms with Gasteiger partial charge < -0.3 is 4.42 Å². The molecule has 0 bridgehead atoms. The van der Waals surface area contributed by atoms with Crippen LogP contribution in [0, 0.1) is 0 Å². The van der Waals surface area contributed by atoms with Gasteiger partial charge in [-0.25, -0.2) is 19.9 Å². The van der Waals surface area contributed by atoms with Crippen LogP contribution in [-0.4, -0.2) is 19.9 Å². The molecule has 6 aromatic carbocycles. The van der Waals surface area contributed by atoms with E-state index in [1.165, 1.54) is 0 Å². The summed E-state index contributed by atoms with van der Waals surface area (Å²) in [6.07, 6.45) is 0. The number of hydrogen-bond acceptors (Lipinski definition) is 6. The highest BCUT2D eigenvalue weighted by Gasteiger charge is 2.15. The molecule has 0 saturated carbocycles. The molecule has 0 amide bonds.